The van der Waals surface area contributed by atoms with Gasteiger partial charge in [0.15, 0.2) is 6.71 Å². The molecular weight excluding hydrogens is 227 g/mol. The predicted octanol–water partition coefficient (Wildman–Crippen LogP) is 5.18. The topological polar surface area (TPSA) is 0 Å². The first-order valence-corrected chi connectivity index (χ1v) is 7.74. The van der Waals surface area contributed by atoms with Gasteiger partial charge in [-0.3, -0.25) is 0 Å². The molecule has 0 N–H and O–H groups in total. The molecule has 0 heterocycles. The van der Waals surface area contributed by atoms with Gasteiger partial charge in [-0.05, 0) is 17.8 Å². The van der Waals surface area contributed by atoms with Gasteiger partial charge in [0.05, 0.1) is 0 Å². The summed E-state index contributed by atoms with van der Waals surface area (Å²) >= 11 is 0. The Morgan fingerprint density at radius 3 is 2.05 bits per heavy atom. The molecular formula is C18H31B. The molecule has 0 aliphatic rings. The van der Waals surface area contributed by atoms with Crippen LogP contribution < -0.4 is 5.46 Å². The van der Waals surface area contributed by atoms with Crippen molar-refractivity contribution in [2.24, 2.45) is 10.8 Å². The van der Waals surface area contributed by atoms with Crippen LogP contribution in [0.25, 0.3) is 0 Å². The van der Waals surface area contributed by atoms with E-state index in [4.69, 9.17) is 0 Å². The molecule has 1 aromatic rings. The van der Waals surface area contributed by atoms with E-state index >= 15 is 0 Å². The molecule has 0 aliphatic heterocycles. The quantitative estimate of drug-likeness (QED) is 0.638. The van der Waals surface area contributed by atoms with Crippen molar-refractivity contribution in [2.45, 2.75) is 67.5 Å². The molecule has 0 aromatic heterocycles. The van der Waals surface area contributed by atoms with Crippen molar-refractivity contribution < 1.29 is 0 Å². The van der Waals surface area contributed by atoms with Crippen LogP contribution in [0.1, 0.15) is 53.5 Å². The third-order valence-corrected chi connectivity index (χ3v) is 5.05. The first-order valence-electron chi connectivity index (χ1n) is 7.74. The number of rotatable bonds is 5. The maximum absolute atomic E-state index is 2.42. The SMILES string of the molecule is CCCB(CC(C)(C)C(C)(C)C)c1ccccc1C. The molecule has 0 atom stereocenters. The van der Waals surface area contributed by atoms with E-state index in [2.05, 4.69) is 72.7 Å². The number of benzene rings is 1. The molecule has 0 saturated heterocycles. The van der Waals surface area contributed by atoms with Crippen LogP contribution in [-0.4, -0.2) is 6.71 Å². The highest BCUT2D eigenvalue weighted by molar-refractivity contribution is 6.73. The summed E-state index contributed by atoms with van der Waals surface area (Å²) in [7, 11) is 0. The van der Waals surface area contributed by atoms with E-state index in [1.807, 2.05) is 0 Å². The van der Waals surface area contributed by atoms with Crippen LogP contribution in [0.15, 0.2) is 24.3 Å². The Kier molecular flexibility index (Phi) is 5.30. The number of aryl methyl sites for hydroxylation is 1. The first-order chi connectivity index (χ1) is 8.69. The minimum absolute atomic E-state index is 0.349. The molecule has 0 saturated carbocycles. The van der Waals surface area contributed by atoms with Crippen molar-refractivity contribution in [1.29, 1.82) is 0 Å². The van der Waals surface area contributed by atoms with Gasteiger partial charge in [0.1, 0.15) is 0 Å². The maximum atomic E-state index is 2.42. The Bertz CT molecular complexity index is 398. The van der Waals surface area contributed by atoms with Crippen LogP contribution in [0.2, 0.25) is 12.6 Å². The van der Waals surface area contributed by atoms with Gasteiger partial charge in [0.2, 0.25) is 0 Å². The second kappa shape index (κ2) is 6.16. The van der Waals surface area contributed by atoms with Crippen LogP contribution in [-0.2, 0) is 0 Å². The van der Waals surface area contributed by atoms with Gasteiger partial charge in [0, 0.05) is 0 Å². The van der Waals surface area contributed by atoms with Crippen LogP contribution in [0.5, 0.6) is 0 Å². The van der Waals surface area contributed by atoms with E-state index in [1.165, 1.54) is 24.6 Å². The summed E-state index contributed by atoms with van der Waals surface area (Å²) in [5, 5.41) is 0. The van der Waals surface area contributed by atoms with E-state index in [0.29, 0.717) is 17.5 Å². The Balaban J connectivity index is 3.00. The summed E-state index contributed by atoms with van der Waals surface area (Å²) in [6.07, 6.45) is 3.83. The summed E-state index contributed by atoms with van der Waals surface area (Å²) in [6.45, 7) is 17.2. The molecule has 0 spiro atoms. The minimum Gasteiger partial charge on any atom is -0.0772 e. The fourth-order valence-corrected chi connectivity index (χ4v) is 2.68. The molecule has 0 bridgehead atoms. The largest absolute Gasteiger partial charge is 0.176 e. The molecule has 0 amide bonds. The summed E-state index contributed by atoms with van der Waals surface area (Å²) < 4.78 is 0. The Hall–Kier alpha value is -0.715. The minimum atomic E-state index is 0.349. The van der Waals surface area contributed by atoms with Crippen LogP contribution in [0.3, 0.4) is 0 Å². The van der Waals surface area contributed by atoms with Gasteiger partial charge in [0.25, 0.3) is 0 Å². The van der Waals surface area contributed by atoms with Gasteiger partial charge >= 0.3 is 0 Å². The highest BCUT2D eigenvalue weighted by Crippen LogP contribution is 2.42. The Morgan fingerprint density at radius 1 is 1.00 bits per heavy atom. The van der Waals surface area contributed by atoms with Gasteiger partial charge in [-0.1, -0.05) is 95.9 Å². The maximum Gasteiger partial charge on any atom is 0.176 e. The zero-order valence-electron chi connectivity index (χ0n) is 14.0. The number of hydrogen-bond donors (Lipinski definition) is 0. The molecule has 0 unspecified atom stereocenters. The second-order valence-corrected chi connectivity index (χ2v) is 7.68. The summed E-state index contributed by atoms with van der Waals surface area (Å²) in [5.74, 6) is 0. The fraction of sp³-hybridized carbons (Fsp3) is 0.667. The highest BCUT2D eigenvalue weighted by atomic mass is 14.4. The van der Waals surface area contributed by atoms with Gasteiger partial charge in [-0.15, -0.1) is 0 Å². The fourth-order valence-electron chi connectivity index (χ4n) is 2.68. The molecule has 1 rings (SSSR count). The summed E-state index contributed by atoms with van der Waals surface area (Å²) in [4.78, 5) is 0. The van der Waals surface area contributed by atoms with E-state index in [1.54, 1.807) is 5.46 Å². The van der Waals surface area contributed by atoms with E-state index < -0.39 is 0 Å². The van der Waals surface area contributed by atoms with E-state index in [9.17, 15) is 0 Å². The van der Waals surface area contributed by atoms with Gasteiger partial charge in [-0.2, -0.15) is 0 Å². The van der Waals surface area contributed by atoms with Crippen LogP contribution in [0, 0.1) is 17.8 Å². The lowest BCUT2D eigenvalue weighted by atomic mass is 9.34. The molecule has 0 nitrogen and oxygen atoms in total. The smallest absolute Gasteiger partial charge is 0.0772 e. The summed E-state index contributed by atoms with van der Waals surface area (Å²) in [5.41, 5.74) is 3.71. The van der Waals surface area contributed by atoms with Crippen molar-refractivity contribution in [3.05, 3.63) is 29.8 Å². The van der Waals surface area contributed by atoms with E-state index in [0.717, 1.165) is 0 Å². The van der Waals surface area contributed by atoms with Crippen molar-refractivity contribution in [1.82, 2.24) is 0 Å². The lowest BCUT2D eigenvalue weighted by Gasteiger charge is -2.41. The summed E-state index contributed by atoms with van der Waals surface area (Å²) in [6, 6.07) is 8.92. The van der Waals surface area contributed by atoms with Gasteiger partial charge < -0.3 is 0 Å². The molecule has 0 aliphatic carbocycles. The average Bonchev–Trinajstić information content (AvgIpc) is 2.27. The average molecular weight is 258 g/mol. The Morgan fingerprint density at radius 2 is 1.58 bits per heavy atom. The van der Waals surface area contributed by atoms with Crippen molar-refractivity contribution in [3.8, 4) is 0 Å². The first kappa shape index (κ1) is 16.3. The lowest BCUT2D eigenvalue weighted by molar-refractivity contribution is 0.155. The molecule has 1 aromatic carbocycles. The molecule has 0 fully saturated rings. The lowest BCUT2D eigenvalue weighted by Crippen LogP contribution is -2.40. The molecule has 19 heavy (non-hydrogen) atoms. The monoisotopic (exact) mass is 258 g/mol. The standard InChI is InChI=1S/C18H31B/c1-8-13-19(14-18(6,7)17(3,4)5)16-12-10-9-11-15(16)2/h9-12H,8,13-14H2,1-7H3. The third kappa shape index (κ3) is 4.13. The second-order valence-electron chi connectivity index (χ2n) is 7.68. The zero-order valence-corrected chi connectivity index (χ0v) is 14.0. The van der Waals surface area contributed by atoms with Crippen molar-refractivity contribution in [2.75, 3.05) is 0 Å². The predicted molar refractivity (Wildman–Crippen MR) is 89.7 cm³/mol. The van der Waals surface area contributed by atoms with E-state index in [-0.39, 0.29) is 0 Å². The highest BCUT2D eigenvalue weighted by Gasteiger charge is 2.36. The molecule has 106 valence electrons. The van der Waals surface area contributed by atoms with Crippen LogP contribution >= 0.6 is 0 Å². The van der Waals surface area contributed by atoms with Crippen molar-refractivity contribution in [3.63, 3.8) is 0 Å². The van der Waals surface area contributed by atoms with Crippen LogP contribution in [0.4, 0.5) is 0 Å². The third-order valence-electron chi connectivity index (χ3n) is 5.05. The zero-order chi connectivity index (χ0) is 14.7. The van der Waals surface area contributed by atoms with Gasteiger partial charge in [-0.25, -0.2) is 0 Å². The normalized spacial score (nSPS) is 12.6. The molecule has 0 radical (unpaired) electrons. The van der Waals surface area contributed by atoms with Crippen molar-refractivity contribution >= 4 is 12.2 Å². The number of hydrogen-bond acceptors (Lipinski definition) is 0. The molecule has 1 heteroatoms. The Labute approximate surface area is 121 Å².